The molecule has 0 unspecified atom stereocenters. The van der Waals surface area contributed by atoms with Gasteiger partial charge in [-0.15, -0.1) is 5.10 Å². The van der Waals surface area contributed by atoms with Crippen LogP contribution in [0, 0.1) is 0 Å². The zero-order chi connectivity index (χ0) is 17.3. The number of rotatable bonds is 5. The molecule has 0 saturated carbocycles. The van der Waals surface area contributed by atoms with Gasteiger partial charge in [0, 0.05) is 13.1 Å². The van der Waals surface area contributed by atoms with Crippen molar-refractivity contribution in [3.8, 4) is 11.6 Å². The largest absolute Gasteiger partial charge is 0.449 e. The first kappa shape index (κ1) is 16.4. The predicted octanol–water partition coefficient (Wildman–Crippen LogP) is 1.91. The molecule has 1 aliphatic heterocycles. The van der Waals surface area contributed by atoms with Gasteiger partial charge in [-0.3, -0.25) is 4.90 Å². The molecular weight excluding hydrogens is 310 g/mol. The number of carbonyl (C=O) groups is 1. The average Bonchev–Trinajstić information content (AvgIpc) is 3.19. The molecule has 3 rings (SSSR count). The summed E-state index contributed by atoms with van der Waals surface area (Å²) >= 11 is 0. The van der Waals surface area contributed by atoms with Crippen LogP contribution < -0.4 is 0 Å². The molecule has 0 aliphatic carbocycles. The maximum absolute atomic E-state index is 12.2. The van der Waals surface area contributed by atoms with Gasteiger partial charge in [0.05, 0.1) is 31.1 Å². The lowest BCUT2D eigenvalue weighted by molar-refractivity contribution is 0.0994. The van der Waals surface area contributed by atoms with Crippen LogP contribution in [0.1, 0.15) is 51.0 Å². The van der Waals surface area contributed by atoms with Gasteiger partial charge in [-0.25, -0.2) is 14.5 Å². The second-order valence-electron chi connectivity index (χ2n) is 6.24. The van der Waals surface area contributed by atoms with E-state index < -0.39 is 0 Å². The summed E-state index contributed by atoms with van der Waals surface area (Å²) < 4.78 is 9.00. The monoisotopic (exact) mass is 333 g/mol. The molecule has 2 aromatic rings. The van der Waals surface area contributed by atoms with Crippen molar-refractivity contribution >= 4 is 6.09 Å². The fourth-order valence-electron chi connectivity index (χ4n) is 2.88. The number of imidazole rings is 1. The smallest absolute Gasteiger partial charge is 0.410 e. The summed E-state index contributed by atoms with van der Waals surface area (Å²) in [7, 11) is 1.79. The molecule has 2 aromatic heterocycles. The summed E-state index contributed by atoms with van der Waals surface area (Å²) in [6.45, 7) is 7.64. The third-order valence-corrected chi connectivity index (χ3v) is 4.09. The van der Waals surface area contributed by atoms with Crippen molar-refractivity contribution < 1.29 is 9.53 Å². The van der Waals surface area contributed by atoms with E-state index in [1.165, 1.54) is 0 Å². The van der Waals surface area contributed by atoms with E-state index in [0.29, 0.717) is 25.5 Å². The minimum atomic E-state index is -0.279. The number of carbonyl (C=O) groups excluding carboxylic acids is 1. The number of hydrogen-bond donors (Lipinski definition) is 0. The zero-order valence-electron chi connectivity index (χ0n) is 14.6. The summed E-state index contributed by atoms with van der Waals surface area (Å²) in [6, 6.07) is 0.184. The van der Waals surface area contributed by atoms with Gasteiger partial charge in [0.2, 0.25) is 5.82 Å². The van der Waals surface area contributed by atoms with Crippen LogP contribution in [0.2, 0.25) is 0 Å². The number of fused-ring (bicyclic) bond motifs is 1. The molecule has 0 aromatic carbocycles. The average molecular weight is 333 g/mol. The lowest BCUT2D eigenvalue weighted by Crippen LogP contribution is -2.27. The van der Waals surface area contributed by atoms with E-state index in [9.17, 15) is 4.79 Å². The van der Waals surface area contributed by atoms with Gasteiger partial charge in [-0.2, -0.15) is 0 Å². The van der Waals surface area contributed by atoms with E-state index in [4.69, 9.17) is 9.72 Å². The maximum atomic E-state index is 12.2. The molecule has 1 amide bonds. The highest BCUT2D eigenvalue weighted by Gasteiger charge is 2.32. The molecule has 130 valence electrons. The second-order valence-corrected chi connectivity index (χ2v) is 6.24. The van der Waals surface area contributed by atoms with Gasteiger partial charge < -0.3 is 9.30 Å². The molecule has 0 N–H and O–H groups in total. The van der Waals surface area contributed by atoms with E-state index in [-0.39, 0.29) is 12.1 Å². The fraction of sp³-hybridized carbons (Fsp3) is 0.667. The summed E-state index contributed by atoms with van der Waals surface area (Å²) in [5.41, 5.74) is 1.91. The van der Waals surface area contributed by atoms with Gasteiger partial charge >= 0.3 is 6.09 Å². The van der Waals surface area contributed by atoms with Crippen molar-refractivity contribution in [1.82, 2.24) is 34.7 Å². The standard InChI is InChI=1S/C15H23N7O2/c1-5-6-7-24-15(23)21-8-11-12(9-21)22(10(2)3)13(16-11)14-17-18-19-20(14)4/h10H,5-9H2,1-4H3. The number of amides is 1. The Morgan fingerprint density at radius 1 is 1.29 bits per heavy atom. The Kier molecular flexibility index (Phi) is 4.50. The first-order chi connectivity index (χ1) is 11.5. The first-order valence-electron chi connectivity index (χ1n) is 8.27. The van der Waals surface area contributed by atoms with Crippen molar-refractivity contribution in [2.75, 3.05) is 6.61 Å². The number of tetrazole rings is 1. The van der Waals surface area contributed by atoms with Crippen LogP contribution in [0.15, 0.2) is 0 Å². The van der Waals surface area contributed by atoms with Gasteiger partial charge in [0.15, 0.2) is 5.82 Å². The summed E-state index contributed by atoms with van der Waals surface area (Å²) in [6.07, 6.45) is 1.60. The molecule has 0 spiro atoms. The molecule has 3 heterocycles. The van der Waals surface area contributed by atoms with Gasteiger partial charge in [-0.05, 0) is 30.7 Å². The molecule has 0 atom stereocenters. The molecule has 0 saturated heterocycles. The Morgan fingerprint density at radius 2 is 2.08 bits per heavy atom. The van der Waals surface area contributed by atoms with Crippen LogP contribution >= 0.6 is 0 Å². The SMILES string of the molecule is CCCCOC(=O)N1Cc2nc(-c3nnnn3C)n(C(C)C)c2C1. The van der Waals surface area contributed by atoms with E-state index in [1.54, 1.807) is 16.6 Å². The first-order valence-corrected chi connectivity index (χ1v) is 8.27. The zero-order valence-corrected chi connectivity index (χ0v) is 14.6. The lowest BCUT2D eigenvalue weighted by atomic mass is 10.3. The van der Waals surface area contributed by atoms with Gasteiger partial charge in [0.1, 0.15) is 0 Å². The highest BCUT2D eigenvalue weighted by atomic mass is 16.6. The van der Waals surface area contributed by atoms with Crippen molar-refractivity contribution in [3.63, 3.8) is 0 Å². The topological polar surface area (TPSA) is 91.0 Å². The molecule has 0 bridgehead atoms. The van der Waals surface area contributed by atoms with Crippen molar-refractivity contribution in [1.29, 1.82) is 0 Å². The Hall–Kier alpha value is -2.45. The summed E-state index contributed by atoms with van der Waals surface area (Å²) in [4.78, 5) is 18.5. The van der Waals surface area contributed by atoms with E-state index >= 15 is 0 Å². The molecule has 9 heteroatoms. The number of hydrogen-bond acceptors (Lipinski definition) is 6. The molecule has 9 nitrogen and oxygen atoms in total. The lowest BCUT2D eigenvalue weighted by Gasteiger charge is -2.18. The van der Waals surface area contributed by atoms with E-state index in [2.05, 4.69) is 40.9 Å². The maximum Gasteiger partial charge on any atom is 0.410 e. The van der Waals surface area contributed by atoms with Gasteiger partial charge in [-0.1, -0.05) is 13.3 Å². The molecule has 1 aliphatic rings. The number of unbranched alkanes of at least 4 members (excludes halogenated alkanes) is 1. The summed E-state index contributed by atoms with van der Waals surface area (Å²) in [5.74, 6) is 1.36. The third kappa shape index (κ3) is 2.85. The number of aryl methyl sites for hydroxylation is 1. The van der Waals surface area contributed by atoms with Crippen LogP contribution in [0.4, 0.5) is 4.79 Å². The molecule has 0 radical (unpaired) electrons. The van der Waals surface area contributed by atoms with Crippen LogP contribution in [0.25, 0.3) is 11.6 Å². The Bertz CT molecular complexity index is 734. The van der Waals surface area contributed by atoms with E-state index in [0.717, 1.165) is 30.1 Å². The van der Waals surface area contributed by atoms with E-state index in [1.807, 2.05) is 0 Å². The number of nitrogens with zero attached hydrogens (tertiary/aromatic N) is 7. The van der Waals surface area contributed by atoms with Crippen LogP contribution in [-0.4, -0.2) is 47.4 Å². The second kappa shape index (κ2) is 6.58. The minimum Gasteiger partial charge on any atom is -0.449 e. The number of aromatic nitrogens is 6. The van der Waals surface area contributed by atoms with Crippen molar-refractivity contribution in [2.45, 2.75) is 52.7 Å². The predicted molar refractivity (Wildman–Crippen MR) is 85.9 cm³/mol. The van der Waals surface area contributed by atoms with Crippen LogP contribution in [0.5, 0.6) is 0 Å². The quantitative estimate of drug-likeness (QED) is 0.776. The van der Waals surface area contributed by atoms with Crippen LogP contribution in [-0.2, 0) is 24.9 Å². The molecule has 0 fully saturated rings. The molecule has 24 heavy (non-hydrogen) atoms. The molecular formula is C15H23N7O2. The Balaban J connectivity index is 1.83. The fourth-order valence-corrected chi connectivity index (χ4v) is 2.88. The Morgan fingerprint density at radius 3 is 2.71 bits per heavy atom. The number of ether oxygens (including phenoxy) is 1. The van der Waals surface area contributed by atoms with Crippen molar-refractivity contribution in [3.05, 3.63) is 11.4 Å². The minimum absolute atomic E-state index is 0.184. The normalized spacial score (nSPS) is 13.6. The summed E-state index contributed by atoms with van der Waals surface area (Å²) in [5, 5.41) is 11.6. The highest BCUT2D eigenvalue weighted by Crippen LogP contribution is 2.31. The highest BCUT2D eigenvalue weighted by molar-refractivity contribution is 5.68. The van der Waals surface area contributed by atoms with Crippen molar-refractivity contribution in [2.24, 2.45) is 7.05 Å². The Labute approximate surface area is 140 Å². The third-order valence-electron chi connectivity index (χ3n) is 4.09. The van der Waals surface area contributed by atoms with Crippen LogP contribution in [0.3, 0.4) is 0 Å². The van der Waals surface area contributed by atoms with Gasteiger partial charge in [0.25, 0.3) is 0 Å².